The number of allylic oxidation sites excluding steroid dienone is 2. The van der Waals surface area contributed by atoms with Gasteiger partial charge in [0.1, 0.15) is 0 Å². The fraction of sp³-hybridized carbons (Fsp3) is 0.214. The summed E-state index contributed by atoms with van der Waals surface area (Å²) in [5, 5.41) is 1.68. The van der Waals surface area contributed by atoms with Gasteiger partial charge in [0.15, 0.2) is 0 Å². The Kier molecular flexibility index (Phi) is 2.44. The molecule has 2 aliphatic rings. The summed E-state index contributed by atoms with van der Waals surface area (Å²) >= 11 is 1.87. The summed E-state index contributed by atoms with van der Waals surface area (Å²) in [6, 6.07) is 8.91. The van der Waals surface area contributed by atoms with E-state index < -0.39 is 0 Å². The lowest BCUT2D eigenvalue weighted by atomic mass is 10.1. The minimum Gasteiger partial charge on any atom is -0.269 e. The largest absolute Gasteiger partial charge is 0.269 e. The minimum absolute atomic E-state index is 0.338. The van der Waals surface area contributed by atoms with Crippen LogP contribution in [-0.4, -0.2) is 16.3 Å². The van der Waals surface area contributed by atoms with Gasteiger partial charge >= 0.3 is 0 Å². The van der Waals surface area contributed by atoms with Crippen molar-refractivity contribution in [2.45, 2.75) is 18.2 Å². The van der Waals surface area contributed by atoms with E-state index in [0.717, 1.165) is 0 Å². The molecule has 1 nitrogen and oxygen atoms in total. The van der Waals surface area contributed by atoms with Crippen molar-refractivity contribution in [2.24, 2.45) is 4.99 Å². The van der Waals surface area contributed by atoms with E-state index in [-0.39, 0.29) is 0 Å². The number of aliphatic imine (C=N–C) groups is 1. The topological polar surface area (TPSA) is 12.4 Å². The number of rotatable bonds is 1. The predicted octanol–water partition coefficient (Wildman–Crippen LogP) is 3.35. The molecule has 80 valence electrons. The molecule has 0 aromatic heterocycles. The average Bonchev–Trinajstić information content (AvgIpc) is 2.72. The van der Waals surface area contributed by atoms with Crippen LogP contribution >= 0.6 is 11.8 Å². The Labute approximate surface area is 100.0 Å². The normalized spacial score (nSPS) is 26.7. The lowest BCUT2D eigenvalue weighted by Crippen LogP contribution is -2.13. The molecule has 2 atom stereocenters. The van der Waals surface area contributed by atoms with Crippen LogP contribution in [0.15, 0.2) is 53.6 Å². The van der Waals surface area contributed by atoms with Crippen molar-refractivity contribution < 1.29 is 0 Å². The van der Waals surface area contributed by atoms with Gasteiger partial charge in [0.2, 0.25) is 0 Å². The van der Waals surface area contributed by atoms with Gasteiger partial charge in [-0.15, -0.1) is 0 Å². The summed E-state index contributed by atoms with van der Waals surface area (Å²) in [5.74, 6) is 0. The van der Waals surface area contributed by atoms with Crippen LogP contribution in [0.4, 0.5) is 0 Å². The molecule has 2 heteroatoms. The second kappa shape index (κ2) is 3.95. The number of hydrogen-bond donors (Lipinski definition) is 0. The van der Waals surface area contributed by atoms with Crippen molar-refractivity contribution in [1.82, 2.24) is 0 Å². The van der Waals surface area contributed by atoms with Crippen LogP contribution in [0, 0.1) is 6.92 Å². The van der Waals surface area contributed by atoms with Gasteiger partial charge in [0.05, 0.1) is 16.3 Å². The van der Waals surface area contributed by atoms with Gasteiger partial charge in [0.25, 0.3) is 0 Å². The maximum absolute atomic E-state index is 4.76. The molecule has 3 rings (SSSR count). The molecule has 1 aromatic carbocycles. The Morgan fingerprint density at radius 1 is 1.19 bits per heavy atom. The zero-order valence-electron chi connectivity index (χ0n) is 9.13. The van der Waals surface area contributed by atoms with Crippen LogP contribution in [0.2, 0.25) is 0 Å². The van der Waals surface area contributed by atoms with E-state index in [0.29, 0.717) is 11.3 Å². The molecule has 0 bridgehead atoms. The molecule has 16 heavy (non-hydrogen) atoms. The first-order valence-corrected chi connectivity index (χ1v) is 6.37. The number of benzene rings is 1. The van der Waals surface area contributed by atoms with Gasteiger partial charge in [-0.1, -0.05) is 59.8 Å². The second-order valence-corrected chi connectivity index (χ2v) is 5.31. The molecule has 0 saturated carbocycles. The Balaban J connectivity index is 1.93. The van der Waals surface area contributed by atoms with E-state index in [1.54, 1.807) is 0 Å². The number of nitrogens with zero attached hydrogens (tertiary/aromatic N) is 1. The van der Waals surface area contributed by atoms with Gasteiger partial charge in [-0.05, 0) is 13.0 Å². The molecule has 0 saturated heterocycles. The van der Waals surface area contributed by atoms with Crippen LogP contribution < -0.4 is 0 Å². The lowest BCUT2D eigenvalue weighted by molar-refractivity contribution is 0.862. The Hall–Kier alpha value is -1.28. The van der Waals surface area contributed by atoms with E-state index in [1.165, 1.54) is 16.2 Å². The van der Waals surface area contributed by atoms with Crippen LogP contribution in [-0.2, 0) is 0 Å². The smallest absolute Gasteiger partial charge is 0.0991 e. The van der Waals surface area contributed by atoms with Crippen molar-refractivity contribution in [3.8, 4) is 0 Å². The summed E-state index contributed by atoms with van der Waals surface area (Å²) in [7, 11) is 0. The Morgan fingerprint density at radius 2 is 2.06 bits per heavy atom. The van der Waals surface area contributed by atoms with Crippen molar-refractivity contribution in [3.63, 3.8) is 0 Å². The second-order valence-electron chi connectivity index (χ2n) is 4.15. The quantitative estimate of drug-likeness (QED) is 0.716. The number of thioether (sulfide) groups is 1. The summed E-state index contributed by atoms with van der Waals surface area (Å²) < 4.78 is 0. The number of aryl methyl sites for hydroxylation is 1. The third-order valence-electron chi connectivity index (χ3n) is 2.84. The standard InChI is InChI=1S/C14H13NS/c1-10-5-4-6-11(9-10)14-15-12-7-2-3-8-13(12)16-14/h2-9,12-13H,1H3. The third kappa shape index (κ3) is 1.74. The first-order chi connectivity index (χ1) is 7.83. The van der Waals surface area contributed by atoms with E-state index in [1.807, 2.05) is 11.8 Å². The maximum Gasteiger partial charge on any atom is 0.0991 e. The molecule has 1 heterocycles. The highest BCUT2D eigenvalue weighted by Gasteiger charge is 2.27. The van der Waals surface area contributed by atoms with Crippen LogP contribution in [0.3, 0.4) is 0 Å². The van der Waals surface area contributed by atoms with E-state index in [4.69, 9.17) is 4.99 Å². The highest BCUT2D eigenvalue weighted by Crippen LogP contribution is 2.33. The highest BCUT2D eigenvalue weighted by atomic mass is 32.2. The number of fused-ring (bicyclic) bond motifs is 1. The molecule has 1 aliphatic heterocycles. The molecule has 0 amide bonds. The zero-order valence-corrected chi connectivity index (χ0v) is 9.95. The van der Waals surface area contributed by atoms with Gasteiger partial charge < -0.3 is 0 Å². The summed E-state index contributed by atoms with van der Waals surface area (Å²) in [6.45, 7) is 2.12. The lowest BCUT2D eigenvalue weighted by Gasteiger charge is -2.10. The Morgan fingerprint density at radius 3 is 2.88 bits per heavy atom. The highest BCUT2D eigenvalue weighted by molar-refractivity contribution is 8.15. The minimum atomic E-state index is 0.338. The first-order valence-electron chi connectivity index (χ1n) is 5.49. The molecule has 0 radical (unpaired) electrons. The van der Waals surface area contributed by atoms with Crippen molar-refractivity contribution >= 4 is 16.8 Å². The molecular weight excluding hydrogens is 214 g/mol. The van der Waals surface area contributed by atoms with Crippen LogP contribution in [0.1, 0.15) is 11.1 Å². The molecule has 1 aromatic rings. The molecule has 1 aliphatic carbocycles. The van der Waals surface area contributed by atoms with E-state index in [2.05, 4.69) is 55.5 Å². The van der Waals surface area contributed by atoms with Gasteiger partial charge in [-0.3, -0.25) is 4.99 Å². The van der Waals surface area contributed by atoms with Crippen molar-refractivity contribution in [2.75, 3.05) is 0 Å². The van der Waals surface area contributed by atoms with Gasteiger partial charge in [-0.2, -0.15) is 0 Å². The third-order valence-corrected chi connectivity index (χ3v) is 4.11. The SMILES string of the molecule is Cc1cccc(C2=NC3C=CC=CC3S2)c1. The van der Waals surface area contributed by atoms with Gasteiger partial charge in [-0.25, -0.2) is 0 Å². The van der Waals surface area contributed by atoms with Crippen LogP contribution in [0.25, 0.3) is 0 Å². The maximum atomic E-state index is 4.76. The monoisotopic (exact) mass is 227 g/mol. The predicted molar refractivity (Wildman–Crippen MR) is 71.2 cm³/mol. The van der Waals surface area contributed by atoms with E-state index in [9.17, 15) is 0 Å². The summed E-state index contributed by atoms with van der Waals surface area (Å²) in [4.78, 5) is 4.76. The average molecular weight is 227 g/mol. The fourth-order valence-electron chi connectivity index (χ4n) is 2.02. The van der Waals surface area contributed by atoms with Crippen LogP contribution in [0.5, 0.6) is 0 Å². The first kappa shape index (κ1) is 9.91. The zero-order chi connectivity index (χ0) is 11.0. The summed E-state index contributed by atoms with van der Waals surface area (Å²) in [5.41, 5.74) is 2.54. The number of hydrogen-bond acceptors (Lipinski definition) is 2. The summed E-state index contributed by atoms with van der Waals surface area (Å²) in [6.07, 6.45) is 8.62. The van der Waals surface area contributed by atoms with E-state index >= 15 is 0 Å². The van der Waals surface area contributed by atoms with Crippen molar-refractivity contribution in [1.29, 1.82) is 0 Å². The molecule has 2 unspecified atom stereocenters. The molecule has 0 N–H and O–H groups in total. The van der Waals surface area contributed by atoms with Gasteiger partial charge in [0, 0.05) is 5.56 Å². The fourth-order valence-corrected chi connectivity index (χ4v) is 3.18. The molecule has 0 fully saturated rings. The molecule has 0 spiro atoms. The molecular formula is C14H13NS. The Bertz CT molecular complexity index is 499. The van der Waals surface area contributed by atoms with Crippen molar-refractivity contribution in [3.05, 3.63) is 59.7 Å².